The van der Waals surface area contributed by atoms with Gasteiger partial charge in [-0.2, -0.15) is 0 Å². The third-order valence-corrected chi connectivity index (χ3v) is 3.89. The fourth-order valence-corrected chi connectivity index (χ4v) is 2.35. The first kappa shape index (κ1) is 13.0. The Labute approximate surface area is 99.9 Å². The van der Waals surface area contributed by atoms with Gasteiger partial charge in [0.05, 0.1) is 5.69 Å². The molecule has 0 spiro atoms. The third-order valence-electron chi connectivity index (χ3n) is 2.72. The Balaban J connectivity index is 3.14. The summed E-state index contributed by atoms with van der Waals surface area (Å²) in [5.41, 5.74) is 0.718. The predicted octanol–water partition coefficient (Wildman–Crippen LogP) is 2.81. The fraction of sp³-hybridized carbons (Fsp3) is 0.636. The fourth-order valence-electron chi connectivity index (χ4n) is 1.30. The Kier molecular flexibility index (Phi) is 4.29. The molecule has 0 bridgehead atoms. The number of carboxylic acids is 1. The molecule has 90 valence electrons. The van der Waals surface area contributed by atoms with Crippen molar-refractivity contribution in [2.75, 3.05) is 18.5 Å². The highest BCUT2D eigenvalue weighted by molar-refractivity contribution is 7.17. The second-order valence-corrected chi connectivity index (χ2v) is 4.82. The van der Waals surface area contributed by atoms with Crippen molar-refractivity contribution in [1.29, 1.82) is 0 Å². The molecular formula is C11H18N2O2S. The van der Waals surface area contributed by atoms with E-state index < -0.39 is 5.97 Å². The van der Waals surface area contributed by atoms with E-state index in [-0.39, 0.29) is 5.92 Å². The highest BCUT2D eigenvalue weighted by atomic mass is 32.1. The Hall–Kier alpha value is -1.10. The summed E-state index contributed by atoms with van der Waals surface area (Å²) in [4.78, 5) is 17.9. The van der Waals surface area contributed by atoms with Crippen molar-refractivity contribution in [3.8, 4) is 0 Å². The van der Waals surface area contributed by atoms with Crippen LogP contribution in [0.4, 0.5) is 5.13 Å². The molecule has 0 radical (unpaired) electrons. The topological polar surface area (TPSA) is 53.4 Å². The number of thiazole rings is 1. The molecule has 16 heavy (non-hydrogen) atoms. The summed E-state index contributed by atoms with van der Waals surface area (Å²) in [6, 6.07) is 0. The van der Waals surface area contributed by atoms with Gasteiger partial charge < -0.3 is 10.0 Å². The molecule has 1 unspecified atom stereocenters. The number of aromatic carboxylic acids is 1. The summed E-state index contributed by atoms with van der Waals surface area (Å²) in [6.45, 7) is 6.90. The number of aromatic nitrogens is 1. The van der Waals surface area contributed by atoms with Gasteiger partial charge in [-0.15, -0.1) is 0 Å². The van der Waals surface area contributed by atoms with Crippen LogP contribution in [0.3, 0.4) is 0 Å². The van der Waals surface area contributed by atoms with Crippen LogP contribution in [0.25, 0.3) is 0 Å². The Morgan fingerprint density at radius 1 is 1.56 bits per heavy atom. The van der Waals surface area contributed by atoms with Gasteiger partial charge in [-0.1, -0.05) is 25.2 Å². The van der Waals surface area contributed by atoms with Gasteiger partial charge in [-0.25, -0.2) is 9.78 Å². The molecule has 0 aliphatic rings. The van der Waals surface area contributed by atoms with Gasteiger partial charge in [0.2, 0.25) is 0 Å². The van der Waals surface area contributed by atoms with Gasteiger partial charge in [0.25, 0.3) is 0 Å². The zero-order valence-electron chi connectivity index (χ0n) is 10.1. The molecule has 0 amide bonds. The zero-order chi connectivity index (χ0) is 12.3. The van der Waals surface area contributed by atoms with Crippen LogP contribution in [0.15, 0.2) is 0 Å². The number of hydrogen-bond acceptors (Lipinski definition) is 4. The van der Waals surface area contributed by atoms with Crippen molar-refractivity contribution in [3.05, 3.63) is 10.6 Å². The van der Waals surface area contributed by atoms with Gasteiger partial charge in [0.15, 0.2) is 5.13 Å². The molecule has 0 fully saturated rings. The van der Waals surface area contributed by atoms with E-state index in [9.17, 15) is 4.79 Å². The van der Waals surface area contributed by atoms with E-state index >= 15 is 0 Å². The largest absolute Gasteiger partial charge is 0.477 e. The van der Waals surface area contributed by atoms with Crippen molar-refractivity contribution in [2.45, 2.75) is 33.1 Å². The van der Waals surface area contributed by atoms with E-state index in [2.05, 4.69) is 4.98 Å². The molecule has 1 heterocycles. The third kappa shape index (κ3) is 2.52. The monoisotopic (exact) mass is 242 g/mol. The van der Waals surface area contributed by atoms with Crippen molar-refractivity contribution in [3.63, 3.8) is 0 Å². The van der Waals surface area contributed by atoms with Crippen LogP contribution in [0, 0.1) is 0 Å². The van der Waals surface area contributed by atoms with Crippen LogP contribution in [-0.2, 0) is 0 Å². The Bertz CT molecular complexity index is 376. The van der Waals surface area contributed by atoms with Gasteiger partial charge in [-0.05, 0) is 19.3 Å². The maximum absolute atomic E-state index is 11.1. The zero-order valence-corrected chi connectivity index (χ0v) is 11.0. The maximum atomic E-state index is 11.1. The van der Waals surface area contributed by atoms with Gasteiger partial charge in [0.1, 0.15) is 4.88 Å². The first-order valence-corrected chi connectivity index (χ1v) is 6.28. The molecule has 0 saturated carbocycles. The van der Waals surface area contributed by atoms with E-state index in [1.54, 1.807) is 0 Å². The molecule has 0 aromatic carbocycles. The standard InChI is InChI=1S/C11H18N2O2S/c1-5-7(3)8-9(10(14)15)16-11(12-8)13(4)6-2/h7H,5-6H2,1-4H3,(H,14,15). The van der Waals surface area contributed by atoms with Crippen LogP contribution in [0.1, 0.15) is 48.5 Å². The lowest BCUT2D eigenvalue weighted by molar-refractivity contribution is 0.0700. The molecule has 1 N–H and O–H groups in total. The maximum Gasteiger partial charge on any atom is 0.347 e. The van der Waals surface area contributed by atoms with Gasteiger partial charge in [0, 0.05) is 13.6 Å². The van der Waals surface area contributed by atoms with E-state index in [0.29, 0.717) is 4.88 Å². The van der Waals surface area contributed by atoms with E-state index in [1.807, 2.05) is 32.7 Å². The molecular weight excluding hydrogens is 224 g/mol. The number of carbonyl (C=O) groups is 1. The minimum absolute atomic E-state index is 0.196. The summed E-state index contributed by atoms with van der Waals surface area (Å²) in [5, 5.41) is 9.92. The van der Waals surface area contributed by atoms with Crippen molar-refractivity contribution in [1.82, 2.24) is 4.98 Å². The number of rotatable bonds is 5. The van der Waals surface area contributed by atoms with Crippen LogP contribution in [0.5, 0.6) is 0 Å². The van der Waals surface area contributed by atoms with Gasteiger partial charge in [-0.3, -0.25) is 0 Å². The average Bonchev–Trinajstić information content (AvgIpc) is 2.71. The molecule has 0 aliphatic carbocycles. The quantitative estimate of drug-likeness (QED) is 0.862. The summed E-state index contributed by atoms with van der Waals surface area (Å²) < 4.78 is 0. The van der Waals surface area contributed by atoms with E-state index in [4.69, 9.17) is 5.11 Å². The van der Waals surface area contributed by atoms with Crippen molar-refractivity contribution < 1.29 is 9.90 Å². The normalized spacial score (nSPS) is 12.5. The minimum atomic E-state index is -0.872. The van der Waals surface area contributed by atoms with Gasteiger partial charge >= 0.3 is 5.97 Å². The minimum Gasteiger partial charge on any atom is -0.477 e. The molecule has 1 rings (SSSR count). The highest BCUT2D eigenvalue weighted by Gasteiger charge is 2.21. The van der Waals surface area contributed by atoms with Crippen molar-refractivity contribution in [2.24, 2.45) is 0 Å². The highest BCUT2D eigenvalue weighted by Crippen LogP contribution is 2.31. The lowest BCUT2D eigenvalue weighted by atomic mass is 10.0. The van der Waals surface area contributed by atoms with Crippen LogP contribution >= 0.6 is 11.3 Å². The van der Waals surface area contributed by atoms with Crippen molar-refractivity contribution >= 4 is 22.4 Å². The number of anilines is 1. The molecule has 4 nitrogen and oxygen atoms in total. The molecule has 0 aliphatic heterocycles. The van der Waals surface area contributed by atoms with Crippen LogP contribution in [-0.4, -0.2) is 29.7 Å². The second-order valence-electron chi connectivity index (χ2n) is 3.84. The molecule has 5 heteroatoms. The SMILES string of the molecule is CCC(C)c1nc(N(C)CC)sc1C(=O)O. The van der Waals surface area contributed by atoms with E-state index in [0.717, 1.165) is 23.8 Å². The Morgan fingerprint density at radius 2 is 2.19 bits per heavy atom. The second kappa shape index (κ2) is 5.30. The molecule has 0 saturated heterocycles. The van der Waals surface area contributed by atoms with Crippen LogP contribution < -0.4 is 4.90 Å². The number of hydrogen-bond donors (Lipinski definition) is 1. The lowest BCUT2D eigenvalue weighted by Gasteiger charge is -2.11. The lowest BCUT2D eigenvalue weighted by Crippen LogP contribution is -2.15. The summed E-state index contributed by atoms with van der Waals surface area (Å²) >= 11 is 1.26. The van der Waals surface area contributed by atoms with E-state index in [1.165, 1.54) is 11.3 Å². The number of nitrogens with zero attached hydrogens (tertiary/aromatic N) is 2. The first-order valence-electron chi connectivity index (χ1n) is 5.46. The molecule has 1 aromatic heterocycles. The first-order chi connectivity index (χ1) is 7.51. The summed E-state index contributed by atoms with van der Waals surface area (Å²) in [5.74, 6) is -0.676. The molecule has 1 atom stereocenters. The molecule has 1 aromatic rings. The predicted molar refractivity (Wildman–Crippen MR) is 66.7 cm³/mol. The van der Waals surface area contributed by atoms with Crippen LogP contribution in [0.2, 0.25) is 0 Å². The summed E-state index contributed by atoms with van der Waals surface area (Å²) in [7, 11) is 1.92. The average molecular weight is 242 g/mol. The number of carboxylic acid groups (broad SMARTS) is 1. The smallest absolute Gasteiger partial charge is 0.347 e. The summed E-state index contributed by atoms with van der Waals surface area (Å²) in [6.07, 6.45) is 0.902. The Morgan fingerprint density at radius 3 is 2.62 bits per heavy atom.